The Balaban J connectivity index is 2.41. The molecule has 122 valence electrons. The molecule has 1 amide bonds. The lowest BCUT2D eigenvalue weighted by Crippen LogP contribution is -2.31. The van der Waals surface area contributed by atoms with Gasteiger partial charge in [0.25, 0.3) is 0 Å². The number of rotatable bonds is 8. The summed E-state index contributed by atoms with van der Waals surface area (Å²) in [6, 6.07) is 6.31. The summed E-state index contributed by atoms with van der Waals surface area (Å²) >= 11 is 3.23. The molecule has 22 heavy (non-hydrogen) atoms. The first-order chi connectivity index (χ1) is 10.2. The van der Waals surface area contributed by atoms with Crippen LogP contribution in [0.3, 0.4) is 0 Å². The highest BCUT2D eigenvalue weighted by molar-refractivity contribution is 9.10. The SMILES string of the molecule is CC(CNC(=O)CCCS(=O)(=O)c1ccc(Br)cc1)C(=O)O. The summed E-state index contributed by atoms with van der Waals surface area (Å²) in [5.41, 5.74) is 0. The number of sulfone groups is 1. The second-order valence-electron chi connectivity index (χ2n) is 4.92. The van der Waals surface area contributed by atoms with E-state index >= 15 is 0 Å². The van der Waals surface area contributed by atoms with E-state index in [1.165, 1.54) is 19.1 Å². The van der Waals surface area contributed by atoms with E-state index in [0.29, 0.717) is 0 Å². The topological polar surface area (TPSA) is 101 Å². The fourth-order valence-corrected chi connectivity index (χ4v) is 3.20. The van der Waals surface area contributed by atoms with Gasteiger partial charge in [0.1, 0.15) is 0 Å². The number of carboxylic acid groups (broad SMARTS) is 1. The number of halogens is 1. The fourth-order valence-electron chi connectivity index (χ4n) is 1.63. The Morgan fingerprint density at radius 3 is 2.41 bits per heavy atom. The molecular formula is C14H18BrNO5S. The minimum atomic E-state index is -3.41. The molecule has 1 unspecified atom stereocenters. The van der Waals surface area contributed by atoms with Crippen molar-refractivity contribution in [2.45, 2.75) is 24.7 Å². The van der Waals surface area contributed by atoms with Crippen LogP contribution in [0.2, 0.25) is 0 Å². The normalized spacial score (nSPS) is 12.6. The van der Waals surface area contributed by atoms with Gasteiger partial charge in [-0.05, 0) is 30.7 Å². The molecule has 6 nitrogen and oxygen atoms in total. The third-order valence-electron chi connectivity index (χ3n) is 3.02. The van der Waals surface area contributed by atoms with Gasteiger partial charge in [-0.1, -0.05) is 22.9 Å². The van der Waals surface area contributed by atoms with Crippen molar-refractivity contribution in [3.8, 4) is 0 Å². The highest BCUT2D eigenvalue weighted by Crippen LogP contribution is 2.16. The molecule has 1 aromatic carbocycles. The summed E-state index contributed by atoms with van der Waals surface area (Å²) in [4.78, 5) is 22.4. The van der Waals surface area contributed by atoms with Gasteiger partial charge in [-0.15, -0.1) is 0 Å². The van der Waals surface area contributed by atoms with Crippen LogP contribution in [0.5, 0.6) is 0 Å². The summed E-state index contributed by atoms with van der Waals surface area (Å²) in [6.07, 6.45) is 0.230. The van der Waals surface area contributed by atoms with Crippen LogP contribution in [0, 0.1) is 5.92 Å². The van der Waals surface area contributed by atoms with Gasteiger partial charge in [0, 0.05) is 17.4 Å². The Bertz CT molecular complexity index is 627. The standard InChI is InChI=1S/C14H18BrNO5S/c1-10(14(18)19)9-16-13(17)3-2-8-22(20,21)12-6-4-11(15)5-7-12/h4-7,10H,2-3,8-9H2,1H3,(H,16,17)(H,18,19). The lowest BCUT2D eigenvalue weighted by atomic mass is 10.2. The Labute approximate surface area is 138 Å². The first-order valence-electron chi connectivity index (χ1n) is 6.70. The molecule has 0 aromatic heterocycles. The van der Waals surface area contributed by atoms with Crippen LogP contribution < -0.4 is 5.32 Å². The quantitative estimate of drug-likeness (QED) is 0.703. The van der Waals surface area contributed by atoms with E-state index in [9.17, 15) is 18.0 Å². The van der Waals surface area contributed by atoms with E-state index in [1.54, 1.807) is 12.1 Å². The molecule has 1 aromatic rings. The lowest BCUT2D eigenvalue weighted by molar-refractivity contribution is -0.141. The van der Waals surface area contributed by atoms with Gasteiger partial charge in [-0.2, -0.15) is 0 Å². The molecule has 0 saturated carbocycles. The summed E-state index contributed by atoms with van der Waals surface area (Å²) in [5, 5.41) is 11.2. The van der Waals surface area contributed by atoms with Crippen LogP contribution >= 0.6 is 15.9 Å². The fraction of sp³-hybridized carbons (Fsp3) is 0.429. The zero-order valence-electron chi connectivity index (χ0n) is 12.1. The van der Waals surface area contributed by atoms with Gasteiger partial charge in [-0.3, -0.25) is 9.59 Å². The smallest absolute Gasteiger partial charge is 0.308 e. The number of carbonyl (C=O) groups is 2. The number of amides is 1. The highest BCUT2D eigenvalue weighted by Gasteiger charge is 2.16. The van der Waals surface area contributed by atoms with Crippen molar-refractivity contribution in [1.82, 2.24) is 5.32 Å². The van der Waals surface area contributed by atoms with E-state index in [2.05, 4.69) is 21.2 Å². The van der Waals surface area contributed by atoms with E-state index < -0.39 is 21.7 Å². The molecule has 0 bridgehead atoms. The summed E-state index contributed by atoms with van der Waals surface area (Å²) in [7, 11) is -3.41. The van der Waals surface area contributed by atoms with Crippen molar-refractivity contribution < 1.29 is 23.1 Å². The van der Waals surface area contributed by atoms with Gasteiger partial charge in [0.05, 0.1) is 16.6 Å². The third kappa shape index (κ3) is 6.15. The molecule has 0 spiro atoms. The predicted octanol–water partition coefficient (Wildman–Crippen LogP) is 1.84. The van der Waals surface area contributed by atoms with Crippen LogP contribution in [0.1, 0.15) is 19.8 Å². The zero-order valence-corrected chi connectivity index (χ0v) is 14.5. The van der Waals surface area contributed by atoms with Crippen LogP contribution in [-0.2, 0) is 19.4 Å². The lowest BCUT2D eigenvalue weighted by Gasteiger charge is -2.08. The monoisotopic (exact) mass is 391 g/mol. The predicted molar refractivity (Wildman–Crippen MR) is 85.2 cm³/mol. The molecule has 0 heterocycles. The molecule has 1 atom stereocenters. The Morgan fingerprint density at radius 1 is 1.27 bits per heavy atom. The van der Waals surface area contributed by atoms with Gasteiger partial charge < -0.3 is 10.4 Å². The molecule has 0 fully saturated rings. The van der Waals surface area contributed by atoms with Crippen LogP contribution in [0.15, 0.2) is 33.6 Å². The van der Waals surface area contributed by atoms with E-state index in [-0.39, 0.29) is 35.9 Å². The van der Waals surface area contributed by atoms with Gasteiger partial charge in [0.2, 0.25) is 5.91 Å². The number of hydrogen-bond acceptors (Lipinski definition) is 4. The Morgan fingerprint density at radius 2 is 1.86 bits per heavy atom. The molecule has 0 radical (unpaired) electrons. The number of carboxylic acids is 1. The molecule has 0 aliphatic heterocycles. The number of nitrogens with one attached hydrogen (secondary N) is 1. The average Bonchev–Trinajstić information content (AvgIpc) is 2.44. The number of aliphatic carboxylic acids is 1. The molecule has 8 heteroatoms. The van der Waals surface area contributed by atoms with Crippen LogP contribution in [0.4, 0.5) is 0 Å². The second kappa shape index (κ2) is 8.28. The average molecular weight is 392 g/mol. The second-order valence-corrected chi connectivity index (χ2v) is 7.94. The van der Waals surface area contributed by atoms with E-state index in [0.717, 1.165) is 4.47 Å². The number of carbonyl (C=O) groups excluding carboxylic acids is 1. The Hall–Kier alpha value is -1.41. The number of benzene rings is 1. The zero-order chi connectivity index (χ0) is 16.8. The molecule has 0 aliphatic carbocycles. The van der Waals surface area contributed by atoms with E-state index in [1.807, 2.05) is 0 Å². The first-order valence-corrected chi connectivity index (χ1v) is 9.14. The maximum Gasteiger partial charge on any atom is 0.308 e. The van der Waals surface area contributed by atoms with Crippen molar-refractivity contribution >= 4 is 37.6 Å². The molecule has 1 rings (SSSR count). The number of hydrogen-bond donors (Lipinski definition) is 2. The first kappa shape index (κ1) is 18.6. The summed E-state index contributed by atoms with van der Waals surface area (Å²) in [5.74, 6) is -2.14. The van der Waals surface area contributed by atoms with Crippen LogP contribution in [-0.4, -0.2) is 37.7 Å². The molecule has 2 N–H and O–H groups in total. The maximum atomic E-state index is 12.1. The molecule has 0 saturated heterocycles. The van der Waals surface area contributed by atoms with Crippen molar-refractivity contribution in [1.29, 1.82) is 0 Å². The van der Waals surface area contributed by atoms with Crippen molar-refractivity contribution in [3.63, 3.8) is 0 Å². The summed E-state index contributed by atoms with van der Waals surface area (Å²) in [6.45, 7) is 1.52. The summed E-state index contributed by atoms with van der Waals surface area (Å²) < 4.78 is 24.9. The molecular weight excluding hydrogens is 374 g/mol. The third-order valence-corrected chi connectivity index (χ3v) is 5.36. The van der Waals surface area contributed by atoms with Gasteiger partial charge >= 0.3 is 5.97 Å². The highest BCUT2D eigenvalue weighted by atomic mass is 79.9. The minimum Gasteiger partial charge on any atom is -0.481 e. The van der Waals surface area contributed by atoms with E-state index in [4.69, 9.17) is 5.11 Å². The van der Waals surface area contributed by atoms with Crippen molar-refractivity contribution in [3.05, 3.63) is 28.7 Å². The van der Waals surface area contributed by atoms with Gasteiger partial charge in [0.15, 0.2) is 9.84 Å². The minimum absolute atomic E-state index is 0.0353. The van der Waals surface area contributed by atoms with Gasteiger partial charge in [-0.25, -0.2) is 8.42 Å². The largest absolute Gasteiger partial charge is 0.481 e. The van der Waals surface area contributed by atoms with Crippen LogP contribution in [0.25, 0.3) is 0 Å². The Kier molecular flexibility index (Phi) is 7.02. The van der Waals surface area contributed by atoms with Crippen molar-refractivity contribution in [2.24, 2.45) is 5.92 Å². The van der Waals surface area contributed by atoms with Crippen molar-refractivity contribution in [2.75, 3.05) is 12.3 Å². The molecule has 0 aliphatic rings. The maximum absolute atomic E-state index is 12.1.